The first-order chi connectivity index (χ1) is 26.8. The van der Waals surface area contributed by atoms with Gasteiger partial charge in [0.05, 0.1) is 11.4 Å². The van der Waals surface area contributed by atoms with E-state index in [0.29, 0.717) is 0 Å². The molecule has 10 rings (SSSR count). The van der Waals surface area contributed by atoms with E-state index in [1.807, 2.05) is 6.07 Å². The Morgan fingerprint density at radius 1 is 0.296 bits per heavy atom. The zero-order valence-corrected chi connectivity index (χ0v) is 29.6. The fraction of sp³-hybridized carbons (Fsp3) is 0. The molecule has 0 atom stereocenters. The number of para-hydroxylation sites is 3. The lowest BCUT2D eigenvalue weighted by atomic mass is 9.88. The molecule has 54 heavy (non-hydrogen) atoms. The molecule has 254 valence electrons. The van der Waals surface area contributed by atoms with Crippen molar-refractivity contribution in [1.29, 1.82) is 0 Å². The molecule has 0 saturated carbocycles. The molecule has 2 nitrogen and oxygen atoms in total. The third kappa shape index (κ3) is 5.44. The minimum Gasteiger partial charge on any atom is -0.454 e. The molecule has 0 aliphatic heterocycles. The van der Waals surface area contributed by atoms with E-state index in [1.165, 1.54) is 44.2 Å². The minimum absolute atomic E-state index is 0.856. The summed E-state index contributed by atoms with van der Waals surface area (Å²) < 4.78 is 6.71. The highest BCUT2D eigenvalue weighted by Crippen LogP contribution is 2.48. The second kappa shape index (κ2) is 13.4. The maximum atomic E-state index is 6.71. The Bertz CT molecular complexity index is 2930. The molecular formula is C52H35NO. The monoisotopic (exact) mass is 689 g/mol. The molecule has 0 saturated heterocycles. The van der Waals surface area contributed by atoms with Gasteiger partial charge in [0.2, 0.25) is 0 Å². The Kier molecular flexibility index (Phi) is 7.85. The average Bonchev–Trinajstić information content (AvgIpc) is 3.64. The molecule has 0 fully saturated rings. The van der Waals surface area contributed by atoms with E-state index in [1.54, 1.807) is 0 Å². The average molecular weight is 690 g/mol. The van der Waals surface area contributed by atoms with E-state index in [-0.39, 0.29) is 0 Å². The van der Waals surface area contributed by atoms with E-state index in [9.17, 15) is 0 Å². The molecule has 0 radical (unpaired) electrons. The highest BCUT2D eigenvalue weighted by Gasteiger charge is 2.23. The van der Waals surface area contributed by atoms with Crippen molar-refractivity contribution in [2.45, 2.75) is 0 Å². The lowest BCUT2D eigenvalue weighted by molar-refractivity contribution is 0.669. The van der Waals surface area contributed by atoms with Gasteiger partial charge in [0.25, 0.3) is 0 Å². The number of hydrogen-bond acceptors (Lipinski definition) is 2. The largest absolute Gasteiger partial charge is 0.454 e. The summed E-state index contributed by atoms with van der Waals surface area (Å²) in [5.74, 6) is 0. The SMILES string of the molecule is c1ccc(-c2ccccc2-c2ccccc2-c2ccccc2N(c2ccc(-c3cccc4ccccc34)cc2)c2cccc3c2oc2ccccc23)cc1. The lowest BCUT2D eigenvalue weighted by Gasteiger charge is -2.28. The van der Waals surface area contributed by atoms with Crippen LogP contribution in [0.4, 0.5) is 17.1 Å². The van der Waals surface area contributed by atoms with Gasteiger partial charge in [-0.15, -0.1) is 0 Å². The van der Waals surface area contributed by atoms with Gasteiger partial charge in [-0.25, -0.2) is 0 Å². The molecule has 0 N–H and O–H groups in total. The van der Waals surface area contributed by atoms with Crippen LogP contribution in [-0.2, 0) is 0 Å². The molecule has 0 unspecified atom stereocenters. The normalized spacial score (nSPS) is 11.3. The summed E-state index contributed by atoms with van der Waals surface area (Å²) in [5.41, 5.74) is 14.3. The first-order valence-corrected chi connectivity index (χ1v) is 18.4. The molecule has 10 aromatic rings. The molecule has 0 aliphatic rings. The van der Waals surface area contributed by atoms with E-state index in [0.717, 1.165) is 50.1 Å². The summed E-state index contributed by atoms with van der Waals surface area (Å²) in [7, 11) is 0. The summed E-state index contributed by atoms with van der Waals surface area (Å²) in [6.07, 6.45) is 0. The lowest BCUT2D eigenvalue weighted by Crippen LogP contribution is -2.11. The second-order valence-electron chi connectivity index (χ2n) is 13.6. The van der Waals surface area contributed by atoms with Crippen molar-refractivity contribution in [3.05, 3.63) is 212 Å². The highest BCUT2D eigenvalue weighted by molar-refractivity contribution is 6.11. The molecule has 0 bridgehead atoms. The van der Waals surface area contributed by atoms with Gasteiger partial charge in [0.15, 0.2) is 5.58 Å². The van der Waals surface area contributed by atoms with Crippen LogP contribution in [0.5, 0.6) is 0 Å². The van der Waals surface area contributed by atoms with Crippen molar-refractivity contribution in [2.75, 3.05) is 4.90 Å². The van der Waals surface area contributed by atoms with Crippen molar-refractivity contribution in [1.82, 2.24) is 0 Å². The Balaban J connectivity index is 1.19. The van der Waals surface area contributed by atoms with Gasteiger partial charge in [-0.2, -0.15) is 0 Å². The van der Waals surface area contributed by atoms with Gasteiger partial charge < -0.3 is 9.32 Å². The summed E-state index contributed by atoms with van der Waals surface area (Å²) in [5, 5.41) is 4.68. The molecule has 0 aliphatic carbocycles. The Hall–Kier alpha value is -7.16. The number of nitrogens with zero attached hydrogens (tertiary/aromatic N) is 1. The topological polar surface area (TPSA) is 16.4 Å². The third-order valence-electron chi connectivity index (χ3n) is 10.5. The standard InChI is InChI=1S/C52H35NO/c1-2-16-36(17-3-1)42-21-6-7-22-43(42)44-23-8-9-24-45(44)46-25-10-12-29-49(46)53(50-30-15-28-48-47-26-11-13-31-51(47)54-52(48)50)39-34-32-38(33-35-39)41-27-14-19-37-18-4-5-20-40(37)41/h1-35H. The number of rotatable bonds is 7. The summed E-state index contributed by atoms with van der Waals surface area (Å²) in [6.45, 7) is 0. The van der Waals surface area contributed by atoms with Crippen molar-refractivity contribution >= 4 is 49.8 Å². The Morgan fingerprint density at radius 3 is 1.59 bits per heavy atom. The predicted molar refractivity (Wildman–Crippen MR) is 228 cm³/mol. The van der Waals surface area contributed by atoms with Crippen molar-refractivity contribution in [3.8, 4) is 44.5 Å². The Labute approximate surface area is 314 Å². The van der Waals surface area contributed by atoms with Gasteiger partial charge >= 0.3 is 0 Å². The first kappa shape index (κ1) is 31.6. The molecule has 0 spiro atoms. The number of hydrogen-bond donors (Lipinski definition) is 0. The quantitative estimate of drug-likeness (QED) is 0.166. The zero-order valence-electron chi connectivity index (χ0n) is 29.6. The molecule has 9 aromatic carbocycles. The smallest absolute Gasteiger partial charge is 0.159 e. The van der Waals surface area contributed by atoms with Crippen molar-refractivity contribution < 1.29 is 4.42 Å². The molecular weight excluding hydrogens is 655 g/mol. The summed E-state index contributed by atoms with van der Waals surface area (Å²) in [6, 6.07) is 75.8. The van der Waals surface area contributed by atoms with Gasteiger partial charge in [0.1, 0.15) is 5.58 Å². The number of benzene rings is 9. The fourth-order valence-electron chi connectivity index (χ4n) is 8.02. The highest BCUT2D eigenvalue weighted by atomic mass is 16.3. The number of fused-ring (bicyclic) bond motifs is 4. The number of anilines is 3. The summed E-state index contributed by atoms with van der Waals surface area (Å²) in [4.78, 5) is 2.37. The van der Waals surface area contributed by atoms with Gasteiger partial charge in [0, 0.05) is 22.0 Å². The third-order valence-corrected chi connectivity index (χ3v) is 10.5. The van der Waals surface area contributed by atoms with Crippen molar-refractivity contribution in [3.63, 3.8) is 0 Å². The Morgan fingerprint density at radius 2 is 0.796 bits per heavy atom. The van der Waals surface area contributed by atoms with E-state index in [2.05, 4.69) is 211 Å². The van der Waals surface area contributed by atoms with E-state index >= 15 is 0 Å². The predicted octanol–water partition coefficient (Wildman–Crippen LogP) is 14.9. The van der Waals surface area contributed by atoms with E-state index < -0.39 is 0 Å². The first-order valence-electron chi connectivity index (χ1n) is 18.4. The van der Waals surface area contributed by atoms with Crippen LogP contribution in [0.2, 0.25) is 0 Å². The maximum absolute atomic E-state index is 6.71. The molecule has 1 aromatic heterocycles. The van der Waals surface area contributed by atoms with Gasteiger partial charge in [-0.1, -0.05) is 182 Å². The number of furan rings is 1. The molecule has 1 heterocycles. The van der Waals surface area contributed by atoms with Crippen LogP contribution < -0.4 is 4.90 Å². The van der Waals surface area contributed by atoms with Gasteiger partial charge in [-0.3, -0.25) is 0 Å². The molecule has 0 amide bonds. The van der Waals surface area contributed by atoms with Crippen LogP contribution in [0.25, 0.3) is 77.2 Å². The van der Waals surface area contributed by atoms with Crippen LogP contribution in [0.3, 0.4) is 0 Å². The van der Waals surface area contributed by atoms with Crippen LogP contribution in [0, 0.1) is 0 Å². The van der Waals surface area contributed by atoms with Gasteiger partial charge in [-0.05, 0) is 80.0 Å². The van der Waals surface area contributed by atoms with Crippen LogP contribution in [0.15, 0.2) is 217 Å². The maximum Gasteiger partial charge on any atom is 0.159 e. The van der Waals surface area contributed by atoms with Crippen LogP contribution >= 0.6 is 0 Å². The van der Waals surface area contributed by atoms with E-state index in [4.69, 9.17) is 4.42 Å². The zero-order chi connectivity index (χ0) is 35.8. The van der Waals surface area contributed by atoms with Crippen LogP contribution in [-0.4, -0.2) is 0 Å². The molecule has 2 heteroatoms. The minimum atomic E-state index is 0.856. The van der Waals surface area contributed by atoms with Crippen molar-refractivity contribution in [2.24, 2.45) is 0 Å². The fourth-order valence-corrected chi connectivity index (χ4v) is 8.02. The summed E-state index contributed by atoms with van der Waals surface area (Å²) >= 11 is 0. The van der Waals surface area contributed by atoms with Crippen LogP contribution in [0.1, 0.15) is 0 Å². The second-order valence-corrected chi connectivity index (χ2v) is 13.6.